The normalized spacial score (nSPS) is 21.0. The third-order valence-corrected chi connectivity index (χ3v) is 5.96. The molecular weight excluding hydrogens is 338 g/mol. The monoisotopic (exact) mass is 373 g/mol. The Morgan fingerprint density at radius 3 is 2.33 bits per heavy atom. The van der Waals surface area contributed by atoms with E-state index in [9.17, 15) is 9.59 Å². The van der Waals surface area contributed by atoms with Gasteiger partial charge in [-0.25, -0.2) is 0 Å². The Balaban J connectivity index is 1.74. The summed E-state index contributed by atoms with van der Waals surface area (Å²) in [5, 5.41) is 8.66. The number of hydrogen-bond donors (Lipinski definition) is 2. The number of carbonyl (C=O) groups excluding carboxylic acids is 1. The fraction of sp³-hybridized carbons (Fsp3) is 0.652. The lowest BCUT2D eigenvalue weighted by Crippen LogP contribution is -2.25. The SMILES string of the molecule is CC(CCCCCC(=O)O)Cc1ccc(C(=O)C2CCC(CN)CC2)cc1. The van der Waals surface area contributed by atoms with E-state index in [1.807, 2.05) is 12.1 Å². The molecule has 0 bridgehead atoms. The van der Waals surface area contributed by atoms with Gasteiger partial charge >= 0.3 is 5.97 Å². The lowest BCUT2D eigenvalue weighted by atomic mass is 9.78. The van der Waals surface area contributed by atoms with E-state index in [0.29, 0.717) is 17.6 Å². The maximum Gasteiger partial charge on any atom is 0.303 e. The standard InChI is InChI=1S/C23H35NO3/c1-17(5-3-2-4-6-22(25)26)15-18-7-11-20(12-8-18)23(27)21-13-9-19(16-24)10-14-21/h7-8,11-12,17,19,21H,2-6,9-10,13-16,24H2,1H3,(H,25,26). The maximum absolute atomic E-state index is 12.7. The Morgan fingerprint density at radius 1 is 1.07 bits per heavy atom. The zero-order valence-corrected chi connectivity index (χ0v) is 16.7. The van der Waals surface area contributed by atoms with Crippen LogP contribution in [-0.4, -0.2) is 23.4 Å². The predicted octanol–water partition coefficient (Wildman–Crippen LogP) is 4.85. The first-order chi connectivity index (χ1) is 13.0. The molecule has 0 aliphatic heterocycles. The average molecular weight is 374 g/mol. The van der Waals surface area contributed by atoms with E-state index in [1.54, 1.807) is 0 Å². The van der Waals surface area contributed by atoms with Crippen molar-refractivity contribution in [2.45, 2.75) is 71.1 Å². The molecule has 4 nitrogen and oxygen atoms in total. The third-order valence-electron chi connectivity index (χ3n) is 5.96. The van der Waals surface area contributed by atoms with Crippen LogP contribution < -0.4 is 5.73 Å². The number of unbranched alkanes of at least 4 members (excludes halogenated alkanes) is 2. The van der Waals surface area contributed by atoms with Crippen LogP contribution in [0.25, 0.3) is 0 Å². The van der Waals surface area contributed by atoms with Crippen molar-refractivity contribution in [1.82, 2.24) is 0 Å². The molecule has 1 atom stereocenters. The summed E-state index contributed by atoms with van der Waals surface area (Å²) in [5.41, 5.74) is 7.86. The summed E-state index contributed by atoms with van der Waals surface area (Å²) in [4.78, 5) is 23.2. The molecule has 150 valence electrons. The van der Waals surface area contributed by atoms with Crippen molar-refractivity contribution in [3.05, 3.63) is 35.4 Å². The van der Waals surface area contributed by atoms with Crippen LogP contribution in [0.2, 0.25) is 0 Å². The quantitative estimate of drug-likeness (QED) is 0.429. The average Bonchev–Trinajstić information content (AvgIpc) is 2.67. The van der Waals surface area contributed by atoms with Crippen LogP contribution in [-0.2, 0) is 11.2 Å². The lowest BCUT2D eigenvalue weighted by Gasteiger charge is -2.26. The molecule has 1 fully saturated rings. The smallest absolute Gasteiger partial charge is 0.303 e. The summed E-state index contributed by atoms with van der Waals surface area (Å²) in [6.07, 6.45) is 9.34. The van der Waals surface area contributed by atoms with Crippen molar-refractivity contribution >= 4 is 11.8 Å². The minimum atomic E-state index is -0.704. The van der Waals surface area contributed by atoms with Crippen LogP contribution >= 0.6 is 0 Å². The van der Waals surface area contributed by atoms with Crippen LogP contribution in [0.5, 0.6) is 0 Å². The van der Waals surface area contributed by atoms with E-state index >= 15 is 0 Å². The number of rotatable bonds is 11. The van der Waals surface area contributed by atoms with E-state index in [4.69, 9.17) is 10.8 Å². The second-order valence-corrected chi connectivity index (χ2v) is 8.32. The van der Waals surface area contributed by atoms with Crippen LogP contribution in [0.1, 0.15) is 80.6 Å². The molecular formula is C23H35NO3. The number of carbonyl (C=O) groups is 2. The van der Waals surface area contributed by atoms with Gasteiger partial charge in [-0.15, -0.1) is 0 Å². The van der Waals surface area contributed by atoms with E-state index in [1.165, 1.54) is 5.56 Å². The highest BCUT2D eigenvalue weighted by molar-refractivity contribution is 5.97. The molecule has 1 aromatic carbocycles. The number of carboxylic acid groups (broad SMARTS) is 1. The molecule has 1 unspecified atom stereocenters. The lowest BCUT2D eigenvalue weighted by molar-refractivity contribution is -0.137. The molecule has 27 heavy (non-hydrogen) atoms. The molecule has 0 spiro atoms. The molecule has 3 N–H and O–H groups in total. The minimum absolute atomic E-state index is 0.170. The highest BCUT2D eigenvalue weighted by atomic mass is 16.4. The Kier molecular flexibility index (Phi) is 8.99. The maximum atomic E-state index is 12.7. The van der Waals surface area contributed by atoms with Gasteiger partial charge in [0.25, 0.3) is 0 Å². The number of aliphatic carboxylic acids is 1. The molecule has 2 rings (SSSR count). The molecule has 1 aromatic rings. The number of nitrogens with two attached hydrogens (primary N) is 1. The predicted molar refractivity (Wildman–Crippen MR) is 109 cm³/mol. The van der Waals surface area contributed by atoms with Crippen molar-refractivity contribution in [2.24, 2.45) is 23.5 Å². The van der Waals surface area contributed by atoms with Crippen LogP contribution in [0.15, 0.2) is 24.3 Å². The third kappa shape index (κ3) is 7.45. The van der Waals surface area contributed by atoms with Gasteiger partial charge in [0.2, 0.25) is 0 Å². The summed E-state index contributed by atoms with van der Waals surface area (Å²) < 4.78 is 0. The summed E-state index contributed by atoms with van der Waals surface area (Å²) in [6, 6.07) is 8.18. The molecule has 0 amide bonds. The Labute approximate surface area is 163 Å². The Morgan fingerprint density at radius 2 is 1.74 bits per heavy atom. The van der Waals surface area contributed by atoms with Crippen LogP contribution in [0.4, 0.5) is 0 Å². The van der Waals surface area contributed by atoms with Crippen LogP contribution in [0, 0.1) is 17.8 Å². The van der Waals surface area contributed by atoms with Crippen molar-refractivity contribution in [2.75, 3.05) is 6.54 Å². The largest absolute Gasteiger partial charge is 0.481 e. The summed E-state index contributed by atoms with van der Waals surface area (Å²) >= 11 is 0. The van der Waals surface area contributed by atoms with Crippen LogP contribution in [0.3, 0.4) is 0 Å². The topological polar surface area (TPSA) is 80.4 Å². The highest BCUT2D eigenvalue weighted by Crippen LogP contribution is 2.30. The molecule has 1 saturated carbocycles. The van der Waals surface area contributed by atoms with Gasteiger partial charge in [-0.3, -0.25) is 9.59 Å². The first kappa shape index (κ1) is 21.6. The number of Topliss-reactive ketones (excluding diaryl/α,β-unsaturated/α-hetero) is 1. The first-order valence-corrected chi connectivity index (χ1v) is 10.5. The van der Waals surface area contributed by atoms with Gasteiger partial charge in [-0.05, 0) is 62.5 Å². The summed E-state index contributed by atoms with van der Waals surface area (Å²) in [7, 11) is 0. The first-order valence-electron chi connectivity index (χ1n) is 10.5. The number of benzene rings is 1. The van der Waals surface area contributed by atoms with Gasteiger partial charge in [-0.1, -0.05) is 50.5 Å². The second kappa shape index (κ2) is 11.2. The van der Waals surface area contributed by atoms with Crippen molar-refractivity contribution in [3.63, 3.8) is 0 Å². The van der Waals surface area contributed by atoms with E-state index in [0.717, 1.165) is 69.9 Å². The Hall–Kier alpha value is -1.68. The molecule has 0 radical (unpaired) electrons. The van der Waals surface area contributed by atoms with E-state index in [2.05, 4.69) is 19.1 Å². The van der Waals surface area contributed by atoms with Crippen molar-refractivity contribution in [1.29, 1.82) is 0 Å². The van der Waals surface area contributed by atoms with Crippen molar-refractivity contribution in [3.8, 4) is 0 Å². The second-order valence-electron chi connectivity index (χ2n) is 8.32. The molecule has 1 aliphatic carbocycles. The van der Waals surface area contributed by atoms with E-state index < -0.39 is 5.97 Å². The minimum Gasteiger partial charge on any atom is -0.481 e. The van der Waals surface area contributed by atoms with E-state index in [-0.39, 0.29) is 12.3 Å². The van der Waals surface area contributed by atoms with Gasteiger partial charge in [0.1, 0.15) is 0 Å². The zero-order chi connectivity index (χ0) is 19.6. The highest BCUT2D eigenvalue weighted by Gasteiger charge is 2.26. The zero-order valence-electron chi connectivity index (χ0n) is 16.7. The summed E-state index contributed by atoms with van der Waals surface area (Å²) in [5.74, 6) is 0.932. The van der Waals surface area contributed by atoms with Gasteiger partial charge in [0, 0.05) is 17.9 Å². The number of ketones is 1. The van der Waals surface area contributed by atoms with Crippen molar-refractivity contribution < 1.29 is 14.7 Å². The number of hydrogen-bond acceptors (Lipinski definition) is 3. The van der Waals surface area contributed by atoms with Gasteiger partial charge in [0.05, 0.1) is 0 Å². The number of carboxylic acids is 1. The van der Waals surface area contributed by atoms with Gasteiger partial charge in [0.15, 0.2) is 5.78 Å². The molecule has 0 saturated heterocycles. The Bertz CT molecular complexity index is 588. The fourth-order valence-corrected chi connectivity index (χ4v) is 4.15. The molecule has 4 heteroatoms. The molecule has 0 heterocycles. The molecule has 1 aliphatic rings. The summed E-state index contributed by atoms with van der Waals surface area (Å²) in [6.45, 7) is 2.99. The fourth-order valence-electron chi connectivity index (χ4n) is 4.15. The van der Waals surface area contributed by atoms with Gasteiger partial charge in [-0.2, -0.15) is 0 Å². The van der Waals surface area contributed by atoms with Gasteiger partial charge < -0.3 is 10.8 Å². The molecule has 0 aromatic heterocycles.